The van der Waals surface area contributed by atoms with Crippen LogP contribution >= 0.6 is 0 Å². The number of hydrogen-bond donors (Lipinski definition) is 0. The zero-order valence-electron chi connectivity index (χ0n) is 10.4. The van der Waals surface area contributed by atoms with Crippen LogP contribution in [0.15, 0.2) is 21.0 Å². The monoisotopic (exact) mass is 235 g/mol. The summed E-state index contributed by atoms with van der Waals surface area (Å²) >= 11 is 0. The van der Waals surface area contributed by atoms with Crippen molar-refractivity contribution in [1.29, 1.82) is 0 Å². The molecular weight excluding hydrogens is 218 g/mol. The van der Waals surface area contributed by atoms with Gasteiger partial charge in [0.15, 0.2) is 0 Å². The van der Waals surface area contributed by atoms with E-state index in [0.717, 1.165) is 24.5 Å². The van der Waals surface area contributed by atoms with Gasteiger partial charge in [-0.05, 0) is 26.1 Å². The van der Waals surface area contributed by atoms with E-state index < -0.39 is 0 Å². The van der Waals surface area contributed by atoms with Crippen LogP contribution in [-0.4, -0.2) is 22.1 Å². The fourth-order valence-electron chi connectivity index (χ4n) is 1.62. The molecule has 0 aromatic carbocycles. The first-order valence-electron chi connectivity index (χ1n) is 5.72. The Hall–Kier alpha value is -1.62. The van der Waals surface area contributed by atoms with Crippen LogP contribution in [0, 0.1) is 6.92 Å². The van der Waals surface area contributed by atoms with E-state index >= 15 is 0 Å². The van der Waals surface area contributed by atoms with Crippen molar-refractivity contribution in [2.75, 3.05) is 7.05 Å². The van der Waals surface area contributed by atoms with Gasteiger partial charge in [0.05, 0.1) is 13.1 Å². The summed E-state index contributed by atoms with van der Waals surface area (Å²) in [6.45, 7) is 5.30. The van der Waals surface area contributed by atoms with Crippen molar-refractivity contribution in [2.45, 2.75) is 33.4 Å². The summed E-state index contributed by atoms with van der Waals surface area (Å²) in [6, 6.07) is 3.95. The predicted molar refractivity (Wildman–Crippen MR) is 62.3 cm³/mol. The minimum Gasteiger partial charge on any atom is -0.465 e. The van der Waals surface area contributed by atoms with Gasteiger partial charge < -0.3 is 8.83 Å². The van der Waals surface area contributed by atoms with Crippen LogP contribution in [0.5, 0.6) is 0 Å². The lowest BCUT2D eigenvalue weighted by Gasteiger charge is -2.11. The largest absolute Gasteiger partial charge is 0.465 e. The van der Waals surface area contributed by atoms with E-state index in [1.54, 1.807) is 0 Å². The normalized spacial score (nSPS) is 11.3. The molecule has 17 heavy (non-hydrogen) atoms. The van der Waals surface area contributed by atoms with Crippen molar-refractivity contribution in [3.05, 3.63) is 35.4 Å². The highest BCUT2D eigenvalue weighted by Crippen LogP contribution is 2.10. The fourth-order valence-corrected chi connectivity index (χ4v) is 1.62. The van der Waals surface area contributed by atoms with Crippen molar-refractivity contribution in [3.63, 3.8) is 0 Å². The standard InChI is InChI=1S/C12H17N3O2/c1-4-11-13-14-12(17-11)8-15(3)7-10-6-5-9(2)16-10/h5-6H,4,7-8H2,1-3H3. The molecule has 0 unspecified atom stereocenters. The van der Waals surface area contributed by atoms with Crippen LogP contribution < -0.4 is 0 Å². The molecule has 92 valence electrons. The molecule has 0 bridgehead atoms. The highest BCUT2D eigenvalue weighted by molar-refractivity contribution is 5.05. The molecule has 2 aromatic rings. The summed E-state index contributed by atoms with van der Waals surface area (Å²) in [4.78, 5) is 2.07. The molecule has 0 aliphatic carbocycles. The Kier molecular flexibility index (Phi) is 3.58. The first-order valence-corrected chi connectivity index (χ1v) is 5.72. The summed E-state index contributed by atoms with van der Waals surface area (Å²) < 4.78 is 11.0. The van der Waals surface area contributed by atoms with E-state index in [-0.39, 0.29) is 0 Å². The summed E-state index contributed by atoms with van der Waals surface area (Å²) in [6.07, 6.45) is 0.772. The molecule has 0 fully saturated rings. The van der Waals surface area contributed by atoms with Gasteiger partial charge in [-0.3, -0.25) is 4.90 Å². The second-order valence-corrected chi connectivity index (χ2v) is 4.13. The van der Waals surface area contributed by atoms with E-state index in [9.17, 15) is 0 Å². The van der Waals surface area contributed by atoms with Gasteiger partial charge in [-0.15, -0.1) is 10.2 Å². The first kappa shape index (κ1) is 11.9. The van der Waals surface area contributed by atoms with Crippen molar-refractivity contribution >= 4 is 0 Å². The Bertz CT molecular complexity index is 476. The maximum Gasteiger partial charge on any atom is 0.230 e. The summed E-state index contributed by atoms with van der Waals surface area (Å²) in [5, 5.41) is 7.92. The smallest absolute Gasteiger partial charge is 0.230 e. The van der Waals surface area contributed by atoms with Gasteiger partial charge >= 0.3 is 0 Å². The number of furan rings is 1. The zero-order chi connectivity index (χ0) is 12.3. The average molecular weight is 235 g/mol. The molecular formula is C12H17N3O2. The minimum absolute atomic E-state index is 0.632. The number of aryl methyl sites for hydroxylation is 2. The molecule has 0 amide bonds. The molecule has 0 N–H and O–H groups in total. The molecule has 0 saturated heterocycles. The molecule has 0 radical (unpaired) electrons. The lowest BCUT2D eigenvalue weighted by Crippen LogP contribution is -2.17. The summed E-state index contributed by atoms with van der Waals surface area (Å²) in [7, 11) is 1.99. The topological polar surface area (TPSA) is 55.3 Å². The number of aromatic nitrogens is 2. The molecule has 5 heteroatoms. The second kappa shape index (κ2) is 5.14. The van der Waals surface area contributed by atoms with E-state index in [1.165, 1.54) is 0 Å². The number of rotatable bonds is 5. The molecule has 0 spiro atoms. The second-order valence-electron chi connectivity index (χ2n) is 4.13. The quantitative estimate of drug-likeness (QED) is 0.795. The third kappa shape index (κ3) is 3.17. The molecule has 5 nitrogen and oxygen atoms in total. The van der Waals surface area contributed by atoms with Gasteiger partial charge in [-0.1, -0.05) is 6.92 Å². The van der Waals surface area contributed by atoms with Gasteiger partial charge in [-0.2, -0.15) is 0 Å². The van der Waals surface area contributed by atoms with Gasteiger partial charge in [0.25, 0.3) is 0 Å². The van der Waals surface area contributed by atoms with Crippen LogP contribution in [0.4, 0.5) is 0 Å². The van der Waals surface area contributed by atoms with E-state index in [0.29, 0.717) is 18.3 Å². The average Bonchev–Trinajstić information content (AvgIpc) is 2.88. The highest BCUT2D eigenvalue weighted by Gasteiger charge is 2.09. The molecule has 0 atom stereocenters. The highest BCUT2D eigenvalue weighted by atomic mass is 16.4. The SMILES string of the molecule is CCc1nnc(CN(C)Cc2ccc(C)o2)o1. The van der Waals surface area contributed by atoms with E-state index in [1.807, 2.05) is 33.0 Å². The lowest BCUT2D eigenvalue weighted by atomic mass is 10.4. The molecule has 2 aromatic heterocycles. The fraction of sp³-hybridized carbons (Fsp3) is 0.500. The third-order valence-electron chi connectivity index (χ3n) is 2.44. The molecule has 2 heterocycles. The molecule has 0 saturated carbocycles. The Balaban J connectivity index is 1.90. The van der Waals surface area contributed by atoms with E-state index in [4.69, 9.17) is 8.83 Å². The van der Waals surface area contributed by atoms with Crippen molar-refractivity contribution in [2.24, 2.45) is 0 Å². The van der Waals surface area contributed by atoms with Crippen molar-refractivity contribution in [1.82, 2.24) is 15.1 Å². The first-order chi connectivity index (χ1) is 8.17. The van der Waals surface area contributed by atoms with E-state index in [2.05, 4.69) is 15.1 Å². The predicted octanol–water partition coefficient (Wildman–Crippen LogP) is 2.17. The van der Waals surface area contributed by atoms with Gasteiger partial charge in [0, 0.05) is 6.42 Å². The van der Waals surface area contributed by atoms with Crippen molar-refractivity contribution < 1.29 is 8.83 Å². The van der Waals surface area contributed by atoms with Crippen LogP contribution in [-0.2, 0) is 19.5 Å². The number of hydrogen-bond acceptors (Lipinski definition) is 5. The third-order valence-corrected chi connectivity index (χ3v) is 2.44. The summed E-state index contributed by atoms with van der Waals surface area (Å²) in [5.74, 6) is 3.20. The van der Waals surface area contributed by atoms with Gasteiger partial charge in [0.2, 0.25) is 11.8 Å². The Labute approximate surface area is 100 Å². The summed E-state index contributed by atoms with van der Waals surface area (Å²) in [5.41, 5.74) is 0. The Morgan fingerprint density at radius 2 is 1.88 bits per heavy atom. The van der Waals surface area contributed by atoms with Crippen LogP contribution in [0.25, 0.3) is 0 Å². The molecule has 0 aliphatic rings. The van der Waals surface area contributed by atoms with Crippen LogP contribution in [0.2, 0.25) is 0 Å². The molecule has 2 rings (SSSR count). The number of nitrogens with zero attached hydrogens (tertiary/aromatic N) is 3. The maximum absolute atomic E-state index is 5.51. The van der Waals surface area contributed by atoms with Gasteiger partial charge in [-0.25, -0.2) is 0 Å². The van der Waals surface area contributed by atoms with Crippen LogP contribution in [0.1, 0.15) is 30.2 Å². The minimum atomic E-state index is 0.632. The Morgan fingerprint density at radius 3 is 2.47 bits per heavy atom. The zero-order valence-corrected chi connectivity index (χ0v) is 10.4. The Morgan fingerprint density at radius 1 is 1.12 bits per heavy atom. The molecule has 0 aliphatic heterocycles. The van der Waals surface area contributed by atoms with Gasteiger partial charge in [0.1, 0.15) is 11.5 Å². The van der Waals surface area contributed by atoms with Crippen LogP contribution in [0.3, 0.4) is 0 Å². The maximum atomic E-state index is 5.51. The van der Waals surface area contributed by atoms with Crippen molar-refractivity contribution in [3.8, 4) is 0 Å². The lowest BCUT2D eigenvalue weighted by molar-refractivity contribution is 0.255.